The van der Waals surface area contributed by atoms with Crippen LogP contribution in [0.5, 0.6) is 11.5 Å². The predicted octanol–water partition coefficient (Wildman–Crippen LogP) is 4.09. The first-order valence-corrected chi connectivity index (χ1v) is 11.7. The maximum Gasteiger partial charge on any atom is 0.341 e. The van der Waals surface area contributed by atoms with Crippen molar-refractivity contribution < 1.29 is 28.6 Å². The molecule has 0 radical (unpaired) electrons. The summed E-state index contributed by atoms with van der Waals surface area (Å²) < 4.78 is 16.8. The number of anilines is 1. The molecule has 2 amide bonds. The summed E-state index contributed by atoms with van der Waals surface area (Å²) in [6.45, 7) is 1.62. The number of carbonyl (C=O) groups excluding carboxylic acids is 3. The number of pyridine rings is 1. The molecule has 0 aliphatic carbocycles. The second kappa shape index (κ2) is 10.9. The molecule has 0 aliphatic rings. The van der Waals surface area contributed by atoms with E-state index in [1.165, 1.54) is 17.5 Å². The maximum absolute atomic E-state index is 12.7. The molecule has 2 heterocycles. The third-order valence-electron chi connectivity index (χ3n) is 5.29. The Balaban J connectivity index is 1.48. The maximum atomic E-state index is 12.7. The Morgan fingerprint density at radius 2 is 1.94 bits per heavy atom. The summed E-state index contributed by atoms with van der Waals surface area (Å²) in [6, 6.07) is 12.3. The fraction of sp³-hybridized carbons (Fsp3) is 0.154. The molecule has 0 saturated carbocycles. The third-order valence-corrected chi connectivity index (χ3v) is 6.37. The summed E-state index contributed by atoms with van der Waals surface area (Å²) in [7, 11) is 1.55. The first-order chi connectivity index (χ1) is 17.4. The fourth-order valence-corrected chi connectivity index (χ4v) is 4.45. The highest BCUT2D eigenvalue weighted by atomic mass is 32.1. The van der Waals surface area contributed by atoms with Gasteiger partial charge in [0.25, 0.3) is 11.8 Å². The molecule has 0 fully saturated rings. The van der Waals surface area contributed by atoms with Crippen LogP contribution in [0.2, 0.25) is 0 Å². The van der Waals surface area contributed by atoms with Crippen molar-refractivity contribution in [3.8, 4) is 11.5 Å². The highest BCUT2D eigenvalue weighted by Gasteiger charge is 2.17. The lowest BCUT2D eigenvalue weighted by molar-refractivity contribution is -0.121. The molecule has 4 rings (SSSR count). The number of aromatic nitrogens is 1. The van der Waals surface area contributed by atoms with Gasteiger partial charge in [-0.05, 0) is 42.1 Å². The molecule has 2 aromatic heterocycles. The monoisotopic (exact) mass is 505 g/mol. The number of methoxy groups -OCH3 is 1. The van der Waals surface area contributed by atoms with Crippen LogP contribution < -0.4 is 20.5 Å². The van der Waals surface area contributed by atoms with Gasteiger partial charge in [-0.25, -0.2) is 4.79 Å². The van der Waals surface area contributed by atoms with Gasteiger partial charge in [-0.3, -0.25) is 14.6 Å². The van der Waals surface area contributed by atoms with E-state index in [1.54, 1.807) is 49.7 Å². The normalized spacial score (nSPS) is 10.6. The number of aryl methyl sites for hydroxylation is 1. The number of fused-ring (bicyclic) bond motifs is 1. The molecular weight excluding hydrogens is 482 g/mol. The summed E-state index contributed by atoms with van der Waals surface area (Å²) >= 11 is 1.35. The topological polar surface area (TPSA) is 130 Å². The molecule has 0 unspecified atom stereocenters. The number of nitrogens with one attached hydrogen (secondary N) is 1. The zero-order chi connectivity index (χ0) is 25.7. The molecule has 9 nitrogen and oxygen atoms in total. The first-order valence-electron chi connectivity index (χ1n) is 10.8. The minimum atomic E-state index is -0.735. The molecule has 3 N–H and O–H groups in total. The molecule has 0 spiro atoms. The van der Waals surface area contributed by atoms with Gasteiger partial charge in [0, 0.05) is 40.7 Å². The molecule has 0 bridgehead atoms. The number of thiophene rings is 1. The zero-order valence-electron chi connectivity index (χ0n) is 19.6. The van der Waals surface area contributed by atoms with Gasteiger partial charge in [0.2, 0.25) is 0 Å². The van der Waals surface area contributed by atoms with E-state index in [4.69, 9.17) is 19.9 Å². The Morgan fingerprint density at radius 3 is 2.72 bits per heavy atom. The Kier molecular flexibility index (Phi) is 7.45. The molecule has 0 aliphatic heterocycles. The van der Waals surface area contributed by atoms with Crippen LogP contribution in [-0.2, 0) is 16.1 Å². The molecule has 10 heteroatoms. The minimum Gasteiger partial charge on any atom is -0.497 e. The van der Waals surface area contributed by atoms with Crippen molar-refractivity contribution in [2.45, 2.75) is 13.5 Å². The van der Waals surface area contributed by atoms with Gasteiger partial charge in [0.15, 0.2) is 6.61 Å². The number of carbonyl (C=O) groups is 3. The number of benzene rings is 2. The van der Waals surface area contributed by atoms with Gasteiger partial charge in [0.1, 0.15) is 18.1 Å². The number of nitrogens with two attached hydrogens (primary N) is 1. The van der Waals surface area contributed by atoms with Gasteiger partial charge >= 0.3 is 5.97 Å². The van der Waals surface area contributed by atoms with Gasteiger partial charge in [-0.1, -0.05) is 12.1 Å². The van der Waals surface area contributed by atoms with E-state index in [2.05, 4.69) is 10.3 Å². The van der Waals surface area contributed by atoms with Crippen molar-refractivity contribution in [2.24, 2.45) is 5.73 Å². The van der Waals surface area contributed by atoms with Crippen LogP contribution in [0.3, 0.4) is 0 Å². The van der Waals surface area contributed by atoms with E-state index in [0.29, 0.717) is 27.4 Å². The van der Waals surface area contributed by atoms with Crippen LogP contribution >= 0.6 is 11.3 Å². The molecule has 36 heavy (non-hydrogen) atoms. The molecular formula is C26H23N3O6S. The lowest BCUT2D eigenvalue weighted by atomic mass is 10.1. The number of hydrogen-bond acceptors (Lipinski definition) is 8. The van der Waals surface area contributed by atoms with Crippen LogP contribution in [0.15, 0.2) is 60.2 Å². The molecule has 2 aromatic carbocycles. The van der Waals surface area contributed by atoms with Gasteiger partial charge in [-0.15, -0.1) is 11.3 Å². The van der Waals surface area contributed by atoms with Crippen LogP contribution in [0.1, 0.15) is 31.8 Å². The predicted molar refractivity (Wildman–Crippen MR) is 136 cm³/mol. The number of hydrogen-bond donors (Lipinski definition) is 2. The summed E-state index contributed by atoms with van der Waals surface area (Å²) in [4.78, 5) is 40.0. The third kappa shape index (κ3) is 5.61. The molecule has 184 valence electrons. The summed E-state index contributed by atoms with van der Waals surface area (Å²) in [5, 5.41) is 5.49. The van der Waals surface area contributed by atoms with Crippen LogP contribution in [0, 0.1) is 6.92 Å². The number of esters is 1. The molecule has 0 saturated heterocycles. The van der Waals surface area contributed by atoms with Crippen molar-refractivity contribution in [3.63, 3.8) is 0 Å². The van der Waals surface area contributed by atoms with E-state index >= 15 is 0 Å². The van der Waals surface area contributed by atoms with E-state index < -0.39 is 18.5 Å². The number of primary amides is 1. The largest absolute Gasteiger partial charge is 0.497 e. The van der Waals surface area contributed by atoms with Gasteiger partial charge in [0.05, 0.1) is 17.4 Å². The van der Waals surface area contributed by atoms with Crippen LogP contribution in [0.25, 0.3) is 10.1 Å². The van der Waals surface area contributed by atoms with E-state index in [1.807, 2.05) is 18.4 Å². The molecule has 0 atom stereocenters. The Hall–Kier alpha value is -4.44. The molecule has 4 aromatic rings. The van der Waals surface area contributed by atoms with Crippen molar-refractivity contribution in [1.29, 1.82) is 0 Å². The van der Waals surface area contributed by atoms with Crippen molar-refractivity contribution in [2.75, 3.05) is 19.0 Å². The number of nitrogens with zero attached hydrogens (tertiary/aromatic N) is 1. The summed E-state index contributed by atoms with van der Waals surface area (Å²) in [5.41, 5.74) is 8.08. The average molecular weight is 506 g/mol. The zero-order valence-corrected chi connectivity index (χ0v) is 20.4. The second-order valence-corrected chi connectivity index (χ2v) is 8.70. The van der Waals surface area contributed by atoms with Gasteiger partial charge < -0.3 is 25.3 Å². The number of amides is 2. The first kappa shape index (κ1) is 24.7. The Morgan fingerprint density at radius 1 is 1.11 bits per heavy atom. The Labute approximate surface area is 210 Å². The Bertz CT molecular complexity index is 1450. The summed E-state index contributed by atoms with van der Waals surface area (Å²) in [6.07, 6.45) is 3.04. The van der Waals surface area contributed by atoms with E-state index in [9.17, 15) is 14.4 Å². The lowest BCUT2D eigenvalue weighted by Gasteiger charge is -2.12. The second-order valence-electron chi connectivity index (χ2n) is 7.82. The number of ether oxygens (including phenoxy) is 3. The van der Waals surface area contributed by atoms with E-state index in [-0.39, 0.29) is 18.1 Å². The summed E-state index contributed by atoms with van der Waals surface area (Å²) in [5.74, 6) is -0.480. The average Bonchev–Trinajstić information content (AvgIpc) is 3.30. The minimum absolute atomic E-state index is 0.218. The van der Waals surface area contributed by atoms with Crippen molar-refractivity contribution in [3.05, 3.63) is 82.5 Å². The van der Waals surface area contributed by atoms with Crippen molar-refractivity contribution >= 4 is 44.9 Å². The van der Waals surface area contributed by atoms with Crippen LogP contribution in [-0.4, -0.2) is 36.5 Å². The smallest absolute Gasteiger partial charge is 0.341 e. The SMILES string of the molecule is COc1cccc(C(=O)Nc2ccc(C)c(OCc3csc4c(C(=O)OCC(N)=O)cncc34)c2)c1. The fourth-order valence-electron chi connectivity index (χ4n) is 3.43. The van der Waals surface area contributed by atoms with Crippen LogP contribution in [0.4, 0.5) is 5.69 Å². The van der Waals surface area contributed by atoms with Crippen molar-refractivity contribution in [1.82, 2.24) is 4.98 Å². The van der Waals surface area contributed by atoms with E-state index in [0.717, 1.165) is 16.5 Å². The number of rotatable bonds is 9. The highest BCUT2D eigenvalue weighted by Crippen LogP contribution is 2.31. The lowest BCUT2D eigenvalue weighted by Crippen LogP contribution is -2.21. The quantitative estimate of drug-likeness (QED) is 0.328. The van der Waals surface area contributed by atoms with Gasteiger partial charge in [-0.2, -0.15) is 0 Å². The highest BCUT2D eigenvalue weighted by molar-refractivity contribution is 7.17. The standard InChI is InChI=1S/C26H23N3O6S/c1-15-6-7-18(29-25(31)16-4-3-5-19(8-16)33-2)9-22(15)34-12-17-14-36-24-20(17)10-28-11-21(24)26(32)35-13-23(27)30/h3-11,14H,12-13H2,1-2H3,(H2,27,30)(H,29,31).